The van der Waals surface area contributed by atoms with Crippen molar-refractivity contribution in [2.24, 2.45) is 0 Å². The largest absolute Gasteiger partial charge is 0.508 e. The van der Waals surface area contributed by atoms with Crippen molar-refractivity contribution in [3.63, 3.8) is 0 Å². The van der Waals surface area contributed by atoms with E-state index in [-0.39, 0.29) is 23.1 Å². The first-order chi connectivity index (χ1) is 13.9. The average Bonchev–Trinajstić information content (AvgIpc) is 2.74. The van der Waals surface area contributed by atoms with E-state index in [4.69, 9.17) is 4.74 Å². The number of anilines is 1. The Morgan fingerprint density at radius 1 is 0.931 bits per heavy atom. The van der Waals surface area contributed by atoms with Crippen molar-refractivity contribution in [3.8, 4) is 11.5 Å². The number of amides is 1. The SMILES string of the molecule is COc1ccc(S(=O)(=O)NCc2ccc(C(=O)Nc3ccc(O)cc3)cc2)cc1. The molecular weight excluding hydrogens is 392 g/mol. The first-order valence-corrected chi connectivity index (χ1v) is 10.2. The summed E-state index contributed by atoms with van der Waals surface area (Å²) >= 11 is 0. The number of hydrogen-bond donors (Lipinski definition) is 3. The summed E-state index contributed by atoms with van der Waals surface area (Å²) in [5.41, 5.74) is 1.70. The van der Waals surface area contributed by atoms with E-state index in [1.54, 1.807) is 48.5 Å². The Kier molecular flexibility index (Phi) is 6.16. The van der Waals surface area contributed by atoms with Crippen LogP contribution in [0.2, 0.25) is 0 Å². The first kappa shape index (κ1) is 20.4. The van der Waals surface area contributed by atoms with E-state index in [2.05, 4.69) is 10.0 Å². The van der Waals surface area contributed by atoms with Gasteiger partial charge in [0.15, 0.2) is 0 Å². The molecule has 0 aliphatic heterocycles. The van der Waals surface area contributed by atoms with Gasteiger partial charge in [-0.15, -0.1) is 0 Å². The summed E-state index contributed by atoms with van der Waals surface area (Å²) in [5.74, 6) is 0.385. The van der Waals surface area contributed by atoms with Crippen molar-refractivity contribution in [2.45, 2.75) is 11.4 Å². The average molecular weight is 412 g/mol. The smallest absolute Gasteiger partial charge is 0.255 e. The van der Waals surface area contributed by atoms with Crippen LogP contribution in [-0.4, -0.2) is 26.5 Å². The highest BCUT2D eigenvalue weighted by atomic mass is 32.2. The number of hydrogen-bond acceptors (Lipinski definition) is 5. The summed E-state index contributed by atoms with van der Waals surface area (Å²) in [6.07, 6.45) is 0. The number of carbonyl (C=O) groups excluding carboxylic acids is 1. The van der Waals surface area contributed by atoms with Crippen molar-refractivity contribution in [2.75, 3.05) is 12.4 Å². The predicted molar refractivity (Wildman–Crippen MR) is 110 cm³/mol. The van der Waals surface area contributed by atoms with Crippen LogP contribution in [0.4, 0.5) is 5.69 Å². The van der Waals surface area contributed by atoms with E-state index in [9.17, 15) is 18.3 Å². The quantitative estimate of drug-likeness (QED) is 0.517. The van der Waals surface area contributed by atoms with Gasteiger partial charge >= 0.3 is 0 Å². The highest BCUT2D eigenvalue weighted by Gasteiger charge is 2.14. The third-order valence-corrected chi connectivity index (χ3v) is 5.59. The number of nitrogens with one attached hydrogen (secondary N) is 2. The van der Waals surface area contributed by atoms with Crippen LogP contribution in [0.3, 0.4) is 0 Å². The molecular formula is C21H20N2O5S. The fourth-order valence-electron chi connectivity index (χ4n) is 2.54. The van der Waals surface area contributed by atoms with Gasteiger partial charge in [-0.3, -0.25) is 4.79 Å². The number of benzene rings is 3. The molecule has 3 rings (SSSR count). The maximum Gasteiger partial charge on any atom is 0.255 e. The summed E-state index contributed by atoms with van der Waals surface area (Å²) in [6.45, 7) is 0.0915. The van der Waals surface area contributed by atoms with Crippen LogP contribution in [0.5, 0.6) is 11.5 Å². The highest BCUT2D eigenvalue weighted by molar-refractivity contribution is 7.89. The summed E-state index contributed by atoms with van der Waals surface area (Å²) in [7, 11) is -2.15. The number of rotatable bonds is 7. The molecule has 0 aliphatic rings. The molecule has 1 amide bonds. The zero-order valence-corrected chi connectivity index (χ0v) is 16.4. The molecule has 3 N–H and O–H groups in total. The van der Waals surface area contributed by atoms with Crippen molar-refractivity contribution >= 4 is 21.6 Å². The van der Waals surface area contributed by atoms with Crippen LogP contribution in [0, 0.1) is 0 Å². The first-order valence-electron chi connectivity index (χ1n) is 8.70. The van der Waals surface area contributed by atoms with Crippen molar-refractivity contribution in [1.29, 1.82) is 0 Å². The third-order valence-electron chi connectivity index (χ3n) is 4.18. The van der Waals surface area contributed by atoms with Gasteiger partial charge in [0.05, 0.1) is 12.0 Å². The van der Waals surface area contributed by atoms with Crippen LogP contribution < -0.4 is 14.8 Å². The Labute approximate surface area is 169 Å². The minimum absolute atomic E-state index is 0.0915. The van der Waals surface area contributed by atoms with E-state index in [1.165, 1.54) is 31.4 Å². The molecule has 7 nitrogen and oxygen atoms in total. The molecule has 29 heavy (non-hydrogen) atoms. The molecule has 8 heteroatoms. The standard InChI is InChI=1S/C21H20N2O5S/c1-28-19-10-12-20(13-11-19)29(26,27)22-14-15-2-4-16(5-3-15)21(25)23-17-6-8-18(24)9-7-17/h2-13,22,24H,14H2,1H3,(H,23,25). The Bertz CT molecular complexity index is 1080. The molecule has 0 heterocycles. The van der Waals surface area contributed by atoms with E-state index < -0.39 is 10.0 Å². The Balaban J connectivity index is 1.61. The molecule has 0 aromatic heterocycles. The van der Waals surface area contributed by atoms with Crippen LogP contribution in [-0.2, 0) is 16.6 Å². The lowest BCUT2D eigenvalue weighted by atomic mass is 10.1. The minimum Gasteiger partial charge on any atom is -0.508 e. The zero-order valence-electron chi connectivity index (χ0n) is 15.6. The van der Waals surface area contributed by atoms with Gasteiger partial charge in [0.2, 0.25) is 10.0 Å². The van der Waals surface area contributed by atoms with E-state index >= 15 is 0 Å². The van der Waals surface area contributed by atoms with Gasteiger partial charge in [-0.05, 0) is 66.2 Å². The molecule has 0 radical (unpaired) electrons. The second-order valence-electron chi connectivity index (χ2n) is 6.20. The Hall–Kier alpha value is -3.36. The Morgan fingerprint density at radius 2 is 1.55 bits per heavy atom. The van der Waals surface area contributed by atoms with Crippen LogP contribution in [0.15, 0.2) is 77.7 Å². The van der Waals surface area contributed by atoms with Gasteiger partial charge in [-0.2, -0.15) is 0 Å². The van der Waals surface area contributed by atoms with E-state index in [0.717, 1.165) is 0 Å². The van der Waals surface area contributed by atoms with Crippen molar-refractivity contribution < 1.29 is 23.1 Å². The number of ether oxygens (including phenoxy) is 1. The molecule has 0 saturated heterocycles. The lowest BCUT2D eigenvalue weighted by molar-refractivity contribution is 0.102. The molecule has 0 bridgehead atoms. The number of aromatic hydroxyl groups is 1. The minimum atomic E-state index is -3.66. The number of phenolic OH excluding ortho intramolecular Hbond substituents is 1. The van der Waals surface area contributed by atoms with Gasteiger partial charge in [-0.1, -0.05) is 12.1 Å². The normalized spacial score (nSPS) is 11.1. The van der Waals surface area contributed by atoms with Gasteiger partial charge in [-0.25, -0.2) is 13.1 Å². The highest BCUT2D eigenvalue weighted by Crippen LogP contribution is 2.17. The predicted octanol–water partition coefficient (Wildman–Crippen LogP) is 3.13. The summed E-state index contributed by atoms with van der Waals surface area (Å²) in [5, 5.41) is 12.0. The second-order valence-corrected chi connectivity index (χ2v) is 7.96. The van der Waals surface area contributed by atoms with E-state index in [0.29, 0.717) is 22.6 Å². The molecule has 0 spiro atoms. The maximum atomic E-state index is 12.4. The molecule has 0 atom stereocenters. The van der Waals surface area contributed by atoms with Gasteiger partial charge < -0.3 is 15.2 Å². The fraction of sp³-hybridized carbons (Fsp3) is 0.0952. The lowest BCUT2D eigenvalue weighted by Gasteiger charge is -2.09. The van der Waals surface area contributed by atoms with Crippen molar-refractivity contribution in [1.82, 2.24) is 4.72 Å². The second kappa shape index (κ2) is 8.76. The monoisotopic (exact) mass is 412 g/mol. The van der Waals surface area contributed by atoms with Gasteiger partial charge in [0, 0.05) is 17.8 Å². The molecule has 3 aromatic rings. The molecule has 0 fully saturated rings. The third kappa shape index (κ3) is 5.34. The van der Waals surface area contributed by atoms with Crippen molar-refractivity contribution in [3.05, 3.63) is 83.9 Å². The van der Waals surface area contributed by atoms with Crippen LogP contribution in [0.1, 0.15) is 15.9 Å². The molecule has 0 unspecified atom stereocenters. The van der Waals surface area contributed by atoms with Gasteiger partial charge in [0.25, 0.3) is 5.91 Å². The van der Waals surface area contributed by atoms with E-state index in [1.807, 2.05) is 0 Å². The molecule has 150 valence electrons. The Morgan fingerprint density at radius 3 is 2.14 bits per heavy atom. The molecule has 0 aliphatic carbocycles. The lowest BCUT2D eigenvalue weighted by Crippen LogP contribution is -2.23. The maximum absolute atomic E-state index is 12.4. The number of carbonyl (C=O) groups is 1. The summed E-state index contributed by atoms with van der Waals surface area (Å²) in [6, 6.07) is 18.8. The molecule has 0 saturated carbocycles. The van der Waals surface area contributed by atoms with Gasteiger partial charge in [0.1, 0.15) is 11.5 Å². The topological polar surface area (TPSA) is 105 Å². The number of phenols is 1. The van der Waals surface area contributed by atoms with Crippen LogP contribution >= 0.6 is 0 Å². The molecule has 3 aromatic carbocycles. The summed E-state index contributed by atoms with van der Waals surface area (Å²) in [4.78, 5) is 12.4. The number of sulfonamides is 1. The zero-order chi connectivity index (χ0) is 20.9. The fourth-order valence-corrected chi connectivity index (χ4v) is 3.56. The summed E-state index contributed by atoms with van der Waals surface area (Å²) < 4.78 is 32.3. The number of methoxy groups -OCH3 is 1. The van der Waals surface area contributed by atoms with Crippen LogP contribution in [0.25, 0.3) is 0 Å².